The quantitative estimate of drug-likeness (QED) is 0.106. The zero-order chi connectivity index (χ0) is 38.9. The van der Waals surface area contributed by atoms with Crippen molar-refractivity contribution in [3.63, 3.8) is 0 Å². The van der Waals surface area contributed by atoms with Gasteiger partial charge in [-0.05, 0) is 51.7 Å². The van der Waals surface area contributed by atoms with Crippen LogP contribution in [-0.4, -0.2) is 9.52 Å². The van der Waals surface area contributed by atoms with E-state index in [9.17, 15) is 0 Å². The van der Waals surface area contributed by atoms with E-state index in [1.54, 1.807) is 0 Å². The summed E-state index contributed by atoms with van der Waals surface area (Å²) in [6.07, 6.45) is 4.62. The maximum atomic E-state index is 2.39. The second-order valence-corrected chi connectivity index (χ2v) is 16.2. The number of benzene rings is 6. The van der Waals surface area contributed by atoms with E-state index in [0.29, 0.717) is 0 Å². The maximum absolute atomic E-state index is 2.39. The van der Waals surface area contributed by atoms with Crippen LogP contribution in [-0.2, 0) is 39.0 Å². The zero-order valence-corrected chi connectivity index (χ0v) is 38.1. The summed E-state index contributed by atoms with van der Waals surface area (Å²) in [6.45, 7) is 17.4. The topological polar surface area (TPSA) is 0 Å². The first kappa shape index (κ1) is 42.8. The number of aryl methyl sites for hydroxylation is 6. The smallest absolute Gasteiger partial charge is 0.164 e. The first-order valence-corrected chi connectivity index (χ1v) is 22.0. The number of hydrogen-bond donors (Lipinski definition) is 0. The zero-order valence-electron chi connectivity index (χ0n) is 34.7. The SMILES string of the molecule is CCCc1cc2c(-c3ccc(C)cc3)ccc(-c3ccc(C)cc3)c2[cH-]1.CCCc1cc2c(-c3ccc(C)cc3)ccc(-c3ccc(C)cc3)c2[cH-]1.C[Si]C.[Zr+2]. The molecule has 0 unspecified atom stereocenters. The fourth-order valence-electron chi connectivity index (χ4n) is 7.53. The summed E-state index contributed by atoms with van der Waals surface area (Å²) in [5.41, 5.74) is 18.6. The van der Waals surface area contributed by atoms with E-state index in [1.807, 2.05) is 0 Å². The molecule has 0 N–H and O–H groups in total. The van der Waals surface area contributed by atoms with Gasteiger partial charge in [0.05, 0.1) is 0 Å². The van der Waals surface area contributed by atoms with Gasteiger partial charge in [0.15, 0.2) is 0 Å². The minimum atomic E-state index is 0. The first-order valence-electron chi connectivity index (χ1n) is 20.0. The fourth-order valence-corrected chi connectivity index (χ4v) is 7.53. The van der Waals surface area contributed by atoms with Crippen LogP contribution in [0, 0.1) is 27.7 Å². The summed E-state index contributed by atoms with van der Waals surface area (Å²) in [4.78, 5) is 0. The predicted octanol–water partition coefficient (Wildman–Crippen LogP) is 15.7. The molecule has 8 rings (SSSR count). The molecule has 0 fully saturated rings. The second-order valence-electron chi connectivity index (χ2n) is 15.2. The van der Waals surface area contributed by atoms with Gasteiger partial charge in [-0.2, -0.15) is 12.1 Å². The molecule has 0 aliphatic rings. The molecule has 8 aromatic rings. The van der Waals surface area contributed by atoms with E-state index in [2.05, 4.69) is 200 Å². The fraction of sp³-hybridized carbons (Fsp3) is 0.222. The largest absolute Gasteiger partial charge is 2.00 e. The Labute approximate surface area is 358 Å². The molecular weight excluding hydrogens is 768 g/mol. The number of fused-ring (bicyclic) bond motifs is 2. The van der Waals surface area contributed by atoms with Crippen molar-refractivity contribution < 1.29 is 26.2 Å². The van der Waals surface area contributed by atoms with Gasteiger partial charge in [0.1, 0.15) is 0 Å². The summed E-state index contributed by atoms with van der Waals surface area (Å²) in [5.74, 6) is 0. The maximum Gasteiger partial charge on any atom is 2.00 e. The van der Waals surface area contributed by atoms with Crippen molar-refractivity contribution in [1.29, 1.82) is 0 Å². The van der Waals surface area contributed by atoms with Crippen molar-refractivity contribution in [2.75, 3.05) is 0 Å². The molecule has 2 heteroatoms. The van der Waals surface area contributed by atoms with Crippen LogP contribution in [0.2, 0.25) is 13.1 Å². The Morgan fingerprint density at radius 2 is 0.643 bits per heavy atom. The number of hydrogen-bond acceptors (Lipinski definition) is 0. The average Bonchev–Trinajstić information content (AvgIpc) is 3.81. The van der Waals surface area contributed by atoms with Crippen LogP contribution in [0.25, 0.3) is 66.1 Å². The molecule has 0 saturated carbocycles. The predicted molar refractivity (Wildman–Crippen MR) is 245 cm³/mol. The third-order valence-corrected chi connectivity index (χ3v) is 10.4. The Morgan fingerprint density at radius 1 is 0.393 bits per heavy atom. The molecule has 56 heavy (non-hydrogen) atoms. The molecular formula is C54H56SiZr. The van der Waals surface area contributed by atoms with Crippen molar-refractivity contribution in [2.45, 2.75) is 80.3 Å². The minimum Gasteiger partial charge on any atom is -0.164 e. The molecule has 0 saturated heterocycles. The molecule has 0 aliphatic heterocycles. The Bertz CT molecular complexity index is 2100. The summed E-state index contributed by atoms with van der Waals surface area (Å²) >= 11 is 0. The molecule has 0 amide bonds. The third-order valence-electron chi connectivity index (χ3n) is 10.4. The normalized spacial score (nSPS) is 10.7. The summed E-state index contributed by atoms with van der Waals surface area (Å²) in [5, 5.41) is 5.48. The van der Waals surface area contributed by atoms with Crippen molar-refractivity contribution >= 4 is 31.1 Å². The van der Waals surface area contributed by atoms with Crippen molar-refractivity contribution in [2.24, 2.45) is 0 Å². The standard InChI is InChI=1S/2C26H25.C2H6Si.Zr/c2*1-4-5-20-16-25-23(21-10-6-18(2)7-11-21)14-15-24(26(25)17-20)22-12-8-19(3)9-13-22;1-3-2;/h2*6-17H,4-5H2,1-3H3;1-2H3;/q2*-1;;+2. The molecule has 0 atom stereocenters. The van der Waals surface area contributed by atoms with Gasteiger partial charge >= 0.3 is 26.2 Å². The van der Waals surface area contributed by atoms with Crippen LogP contribution < -0.4 is 0 Å². The van der Waals surface area contributed by atoms with Crippen LogP contribution in [0.5, 0.6) is 0 Å². The Morgan fingerprint density at radius 3 is 0.911 bits per heavy atom. The minimum absolute atomic E-state index is 0. The van der Waals surface area contributed by atoms with Crippen LogP contribution in [0.1, 0.15) is 60.1 Å². The summed E-state index contributed by atoms with van der Waals surface area (Å²) < 4.78 is 0. The molecule has 280 valence electrons. The molecule has 0 bridgehead atoms. The van der Waals surface area contributed by atoms with Crippen LogP contribution in [0.15, 0.2) is 146 Å². The third kappa shape index (κ3) is 10.1. The monoisotopic (exact) mass is 822 g/mol. The Kier molecular flexibility index (Phi) is 15.4. The van der Waals surface area contributed by atoms with Gasteiger partial charge in [0, 0.05) is 9.52 Å². The van der Waals surface area contributed by atoms with E-state index in [-0.39, 0.29) is 26.2 Å². The van der Waals surface area contributed by atoms with Gasteiger partial charge in [-0.1, -0.05) is 217 Å². The average molecular weight is 824 g/mol. The van der Waals surface area contributed by atoms with Gasteiger partial charge in [0.25, 0.3) is 0 Å². The van der Waals surface area contributed by atoms with Gasteiger partial charge < -0.3 is 0 Å². The Hall–Kier alpha value is -4.36. The van der Waals surface area contributed by atoms with Crippen molar-refractivity contribution in [3.8, 4) is 44.5 Å². The second kappa shape index (κ2) is 20.2. The van der Waals surface area contributed by atoms with Crippen molar-refractivity contribution in [3.05, 3.63) is 179 Å². The van der Waals surface area contributed by atoms with Gasteiger partial charge in [-0.15, -0.1) is 44.8 Å². The van der Waals surface area contributed by atoms with Gasteiger partial charge in [-0.3, -0.25) is 0 Å². The molecule has 2 radical (unpaired) electrons. The van der Waals surface area contributed by atoms with E-state index >= 15 is 0 Å². The molecule has 0 aromatic heterocycles. The van der Waals surface area contributed by atoms with E-state index in [4.69, 9.17) is 0 Å². The molecule has 8 aromatic carbocycles. The first-order chi connectivity index (χ1) is 26.7. The van der Waals surface area contributed by atoms with Crippen LogP contribution >= 0.6 is 0 Å². The molecule has 0 nitrogen and oxygen atoms in total. The van der Waals surface area contributed by atoms with Crippen LogP contribution in [0.4, 0.5) is 0 Å². The molecule has 0 aliphatic carbocycles. The van der Waals surface area contributed by atoms with E-state index in [0.717, 1.165) is 22.4 Å². The summed E-state index contributed by atoms with van der Waals surface area (Å²) in [6, 6.07) is 54.2. The van der Waals surface area contributed by atoms with Crippen LogP contribution in [0.3, 0.4) is 0 Å². The van der Waals surface area contributed by atoms with Crippen molar-refractivity contribution in [1.82, 2.24) is 0 Å². The van der Waals surface area contributed by atoms with E-state index in [1.165, 1.54) is 112 Å². The van der Waals surface area contributed by atoms with E-state index < -0.39 is 0 Å². The van der Waals surface area contributed by atoms with Gasteiger partial charge in [0.2, 0.25) is 0 Å². The Balaban J connectivity index is 0.000000197. The number of rotatable bonds is 8. The molecule has 0 spiro atoms. The summed E-state index contributed by atoms with van der Waals surface area (Å²) in [7, 11) is 1.08. The van der Waals surface area contributed by atoms with Gasteiger partial charge in [-0.25, -0.2) is 0 Å². The molecule has 0 heterocycles.